The second-order valence-corrected chi connectivity index (χ2v) is 11.1. The Morgan fingerprint density at radius 3 is 2.39 bits per heavy atom. The second kappa shape index (κ2) is 9.95. The first kappa shape index (κ1) is 25.5. The number of hydrogen-bond acceptors (Lipinski definition) is 9. The van der Waals surface area contributed by atoms with E-state index >= 15 is 0 Å². The molecule has 4 aromatic heterocycles. The zero-order valence-electron chi connectivity index (χ0n) is 21.3. The predicted molar refractivity (Wildman–Crippen MR) is 139 cm³/mol. The maximum Gasteiger partial charge on any atom is 0.204 e. The summed E-state index contributed by atoms with van der Waals surface area (Å²) < 4.78 is 47.5. The van der Waals surface area contributed by atoms with Crippen molar-refractivity contribution in [2.24, 2.45) is 0 Å². The van der Waals surface area contributed by atoms with Crippen LogP contribution < -0.4 is 9.47 Å². The molecule has 5 rings (SSSR count). The van der Waals surface area contributed by atoms with Gasteiger partial charge in [-0.1, -0.05) is 12.1 Å². The van der Waals surface area contributed by atoms with Crippen LogP contribution >= 0.6 is 0 Å². The lowest BCUT2D eigenvalue weighted by Crippen LogP contribution is -2.29. The van der Waals surface area contributed by atoms with Gasteiger partial charge in [0, 0.05) is 12.4 Å². The minimum Gasteiger partial charge on any atom is -0.494 e. The summed E-state index contributed by atoms with van der Waals surface area (Å²) in [6.07, 6.45) is 1.95. The molecule has 1 N–H and O–H groups in total. The van der Waals surface area contributed by atoms with Crippen molar-refractivity contribution in [3.8, 4) is 28.8 Å². The van der Waals surface area contributed by atoms with E-state index in [2.05, 4.69) is 15.2 Å². The Kier molecular flexibility index (Phi) is 6.67. The number of aliphatic hydroxyl groups excluding tert-OH is 1. The minimum atomic E-state index is -3.97. The number of para-hydroxylation sites is 1. The zero-order chi connectivity index (χ0) is 27.0. The Bertz CT molecular complexity index is 1680. The molecule has 0 saturated heterocycles. The maximum atomic E-state index is 13.7. The Balaban J connectivity index is 1.60. The highest BCUT2D eigenvalue weighted by Gasteiger charge is 2.34. The van der Waals surface area contributed by atoms with E-state index in [1.54, 1.807) is 76.8 Å². The summed E-state index contributed by atoms with van der Waals surface area (Å²) in [7, 11) is -0.955. The molecule has 2 atom stereocenters. The molecule has 5 aromatic rings. The fourth-order valence-corrected chi connectivity index (χ4v) is 5.71. The number of hydrogen-bond donors (Lipinski definition) is 1. The predicted octanol–water partition coefficient (Wildman–Crippen LogP) is 3.54. The molecule has 0 unspecified atom stereocenters. The number of pyridine rings is 1. The van der Waals surface area contributed by atoms with E-state index in [0.717, 1.165) is 0 Å². The second-order valence-electron chi connectivity index (χ2n) is 8.76. The van der Waals surface area contributed by atoms with Gasteiger partial charge in [0.25, 0.3) is 0 Å². The molecule has 0 saturated carbocycles. The molecule has 0 bridgehead atoms. The van der Waals surface area contributed by atoms with Crippen LogP contribution in [0.2, 0.25) is 0 Å². The van der Waals surface area contributed by atoms with E-state index < -0.39 is 26.9 Å². The zero-order valence-corrected chi connectivity index (χ0v) is 22.1. The summed E-state index contributed by atoms with van der Waals surface area (Å²) in [5.74, 6) is 1.77. The maximum absolute atomic E-state index is 13.7. The van der Waals surface area contributed by atoms with Crippen molar-refractivity contribution in [3.63, 3.8) is 0 Å². The van der Waals surface area contributed by atoms with Gasteiger partial charge < -0.3 is 23.4 Å². The third kappa shape index (κ3) is 4.41. The van der Waals surface area contributed by atoms with Gasteiger partial charge in [0.05, 0.1) is 25.2 Å². The Morgan fingerprint density at radius 2 is 1.74 bits per heavy atom. The van der Waals surface area contributed by atoms with Crippen LogP contribution in [0, 0.1) is 6.92 Å². The molecule has 0 aliphatic rings. The Morgan fingerprint density at radius 1 is 1.03 bits per heavy atom. The number of ether oxygens (including phenoxy) is 2. The number of benzene rings is 1. The molecule has 1 aromatic carbocycles. The summed E-state index contributed by atoms with van der Waals surface area (Å²) >= 11 is 0. The van der Waals surface area contributed by atoms with Crippen molar-refractivity contribution in [2.75, 3.05) is 14.2 Å². The molecular formula is C26H27N5O6S. The number of imidazole rings is 1. The first-order valence-electron chi connectivity index (χ1n) is 11.8. The number of aliphatic hydroxyl groups is 1. The minimum absolute atomic E-state index is 0.108. The van der Waals surface area contributed by atoms with E-state index in [-0.39, 0.29) is 11.6 Å². The molecule has 38 heavy (non-hydrogen) atoms. The molecule has 0 fully saturated rings. The molecule has 4 heterocycles. The average molecular weight is 538 g/mol. The van der Waals surface area contributed by atoms with Gasteiger partial charge >= 0.3 is 0 Å². The molecule has 0 aliphatic heterocycles. The van der Waals surface area contributed by atoms with Crippen molar-refractivity contribution >= 4 is 15.5 Å². The lowest BCUT2D eigenvalue weighted by atomic mass is 10.2. The van der Waals surface area contributed by atoms with Gasteiger partial charge in [-0.2, -0.15) is 0 Å². The van der Waals surface area contributed by atoms with Gasteiger partial charge in [0.1, 0.15) is 40.5 Å². The highest BCUT2D eigenvalue weighted by atomic mass is 32.2. The van der Waals surface area contributed by atoms with Crippen molar-refractivity contribution < 1.29 is 27.4 Å². The molecule has 198 valence electrons. The molecular weight excluding hydrogens is 510 g/mol. The normalized spacial score (nSPS) is 13.5. The van der Waals surface area contributed by atoms with Crippen LogP contribution in [-0.4, -0.2) is 57.1 Å². The van der Waals surface area contributed by atoms with E-state index in [9.17, 15) is 13.5 Å². The number of fused-ring (bicyclic) bond motifs is 1. The van der Waals surface area contributed by atoms with Crippen molar-refractivity contribution in [1.82, 2.24) is 24.1 Å². The number of aromatic nitrogens is 5. The average Bonchev–Trinajstić information content (AvgIpc) is 3.66. The van der Waals surface area contributed by atoms with Crippen LogP contribution in [0.3, 0.4) is 0 Å². The summed E-state index contributed by atoms with van der Waals surface area (Å²) in [5.41, 5.74) is 1.44. The van der Waals surface area contributed by atoms with E-state index in [0.29, 0.717) is 40.0 Å². The summed E-state index contributed by atoms with van der Waals surface area (Å²) in [6.45, 7) is 3.26. The lowest BCUT2D eigenvalue weighted by molar-refractivity contribution is 0.169. The molecule has 12 heteroatoms. The standard InChI is InChI=1S/C26H27N5O6S/c1-16-11-12-21(37-16)26-29-28-23(31(26)24-19(35-3)8-6-9-20(24)36-4)15-38(33,34)17(2)25(32)18-7-5-10-22-27-13-14-30(18)22/h5-14,17,25,32H,15H2,1-4H3/t17-,25+/m0/s1. The van der Waals surface area contributed by atoms with E-state index in [1.807, 2.05) is 0 Å². The Labute approximate surface area is 219 Å². The Hall–Kier alpha value is -4.16. The summed E-state index contributed by atoms with van der Waals surface area (Å²) in [6, 6.07) is 13.9. The van der Waals surface area contributed by atoms with Crippen LogP contribution in [0.4, 0.5) is 0 Å². The summed E-state index contributed by atoms with van der Waals surface area (Å²) in [4.78, 5) is 4.21. The summed E-state index contributed by atoms with van der Waals surface area (Å²) in [5, 5.41) is 18.5. The van der Waals surface area contributed by atoms with Crippen LogP contribution in [0.1, 0.15) is 30.3 Å². The topological polar surface area (TPSA) is 134 Å². The third-order valence-electron chi connectivity index (χ3n) is 6.42. The van der Waals surface area contributed by atoms with Gasteiger partial charge in [-0.15, -0.1) is 10.2 Å². The van der Waals surface area contributed by atoms with E-state index in [1.165, 1.54) is 21.1 Å². The smallest absolute Gasteiger partial charge is 0.204 e. The largest absolute Gasteiger partial charge is 0.494 e. The first-order valence-corrected chi connectivity index (χ1v) is 13.5. The number of methoxy groups -OCH3 is 2. The molecule has 0 spiro atoms. The van der Waals surface area contributed by atoms with Gasteiger partial charge in [0.15, 0.2) is 21.4 Å². The molecule has 11 nitrogen and oxygen atoms in total. The number of rotatable bonds is 9. The third-order valence-corrected chi connectivity index (χ3v) is 8.47. The lowest BCUT2D eigenvalue weighted by Gasteiger charge is -2.21. The van der Waals surface area contributed by atoms with Gasteiger partial charge in [0.2, 0.25) is 5.82 Å². The number of sulfone groups is 1. The van der Waals surface area contributed by atoms with Crippen molar-refractivity contribution in [1.29, 1.82) is 0 Å². The van der Waals surface area contributed by atoms with E-state index in [4.69, 9.17) is 13.9 Å². The van der Waals surface area contributed by atoms with Crippen LogP contribution in [0.25, 0.3) is 22.9 Å². The van der Waals surface area contributed by atoms with Crippen LogP contribution in [0.15, 0.2) is 65.3 Å². The highest BCUT2D eigenvalue weighted by molar-refractivity contribution is 7.91. The molecule has 0 radical (unpaired) electrons. The van der Waals surface area contributed by atoms with Gasteiger partial charge in [-0.25, -0.2) is 13.4 Å². The highest BCUT2D eigenvalue weighted by Crippen LogP contribution is 2.37. The molecule has 0 amide bonds. The number of aryl methyl sites for hydroxylation is 1. The fourth-order valence-electron chi connectivity index (χ4n) is 4.37. The first-order chi connectivity index (χ1) is 18.2. The fraction of sp³-hybridized carbons (Fsp3) is 0.269. The van der Waals surface area contributed by atoms with Crippen LogP contribution in [0.5, 0.6) is 11.5 Å². The van der Waals surface area contributed by atoms with Crippen LogP contribution in [-0.2, 0) is 15.6 Å². The number of nitrogens with zero attached hydrogens (tertiary/aromatic N) is 5. The van der Waals surface area contributed by atoms with Crippen molar-refractivity contribution in [3.05, 3.63) is 78.2 Å². The monoisotopic (exact) mass is 537 g/mol. The number of furan rings is 1. The SMILES string of the molecule is COc1cccc(OC)c1-n1c(CS(=O)(=O)[C@@H](C)[C@@H](O)c2cccc3nccn23)nnc1-c1ccc(C)o1. The van der Waals surface area contributed by atoms with Gasteiger partial charge in [-0.3, -0.25) is 4.57 Å². The molecule has 0 aliphatic carbocycles. The van der Waals surface area contributed by atoms with Gasteiger partial charge in [-0.05, 0) is 50.2 Å². The quantitative estimate of drug-likeness (QED) is 0.300. The van der Waals surface area contributed by atoms with Crippen molar-refractivity contribution in [2.45, 2.75) is 31.0 Å².